The molecule has 7 heteroatoms. The third kappa shape index (κ3) is 4.82. The Labute approximate surface area is 190 Å². The van der Waals surface area contributed by atoms with Crippen LogP contribution in [0.5, 0.6) is 0 Å². The van der Waals surface area contributed by atoms with Gasteiger partial charge in [-0.2, -0.15) is 0 Å². The van der Waals surface area contributed by atoms with Gasteiger partial charge in [0.2, 0.25) is 5.91 Å². The van der Waals surface area contributed by atoms with Crippen LogP contribution in [0.4, 0.5) is 14.9 Å². The minimum Gasteiger partial charge on any atom is -0.445 e. The van der Waals surface area contributed by atoms with E-state index in [0.29, 0.717) is 12.6 Å². The molecule has 174 valence electrons. The second-order valence-electron chi connectivity index (χ2n) is 9.20. The van der Waals surface area contributed by atoms with Crippen molar-refractivity contribution in [2.24, 2.45) is 0 Å². The van der Waals surface area contributed by atoms with Gasteiger partial charge in [-0.15, -0.1) is 0 Å². The first-order valence-electron chi connectivity index (χ1n) is 11.8. The molecule has 6 nitrogen and oxygen atoms in total. The number of ether oxygens (including phenoxy) is 1. The van der Waals surface area contributed by atoms with Crippen molar-refractivity contribution in [3.05, 3.63) is 42.2 Å². The van der Waals surface area contributed by atoms with Crippen molar-refractivity contribution >= 4 is 17.7 Å². The number of carbonyl (C=O) groups is 2. The predicted octanol–water partition coefficient (Wildman–Crippen LogP) is 4.35. The summed E-state index contributed by atoms with van der Waals surface area (Å²) in [6, 6.07) is 7.33. The standard InChI is InChI=1S/C25H34FN3O3/c1-3-4-15-32-25(31)29-22-9-10-23(29)17-24(16-22)27-13-11-21(12-14-27)28(18(2)30)20-7-5-19(26)6-8-20/h3-8,21-24H,9-17H2,1-2H3. The van der Waals surface area contributed by atoms with E-state index in [1.54, 1.807) is 19.1 Å². The lowest BCUT2D eigenvalue weighted by atomic mass is 9.93. The summed E-state index contributed by atoms with van der Waals surface area (Å²) in [5, 5.41) is 0. The van der Waals surface area contributed by atoms with Crippen molar-refractivity contribution in [3.8, 4) is 0 Å². The molecule has 2 unspecified atom stereocenters. The molecule has 3 aliphatic rings. The monoisotopic (exact) mass is 443 g/mol. The molecule has 2 atom stereocenters. The highest BCUT2D eigenvalue weighted by molar-refractivity contribution is 5.92. The number of likely N-dealkylation sites (tertiary alicyclic amines) is 1. The van der Waals surface area contributed by atoms with Gasteiger partial charge in [0.25, 0.3) is 0 Å². The number of hydrogen-bond donors (Lipinski definition) is 0. The highest BCUT2D eigenvalue weighted by atomic mass is 19.1. The van der Waals surface area contributed by atoms with Gasteiger partial charge in [-0.3, -0.25) is 4.79 Å². The summed E-state index contributed by atoms with van der Waals surface area (Å²) in [5.41, 5.74) is 0.764. The van der Waals surface area contributed by atoms with Gasteiger partial charge in [-0.1, -0.05) is 12.2 Å². The van der Waals surface area contributed by atoms with Crippen LogP contribution in [0.25, 0.3) is 0 Å². The summed E-state index contributed by atoms with van der Waals surface area (Å²) in [5.74, 6) is -0.295. The van der Waals surface area contributed by atoms with E-state index in [1.165, 1.54) is 12.1 Å². The molecular weight excluding hydrogens is 409 g/mol. The first-order valence-corrected chi connectivity index (χ1v) is 11.8. The Kier molecular flexibility index (Phi) is 7.13. The third-order valence-electron chi connectivity index (χ3n) is 7.28. The van der Waals surface area contributed by atoms with Crippen molar-refractivity contribution in [2.45, 2.75) is 76.5 Å². The SMILES string of the molecule is CC=CCOC(=O)N1C2CCC1CC(N1CCC(N(C(C)=O)c3ccc(F)cc3)CC1)C2. The highest BCUT2D eigenvalue weighted by Gasteiger charge is 2.46. The Hall–Kier alpha value is -2.41. The van der Waals surface area contributed by atoms with E-state index >= 15 is 0 Å². The van der Waals surface area contributed by atoms with Gasteiger partial charge >= 0.3 is 6.09 Å². The van der Waals surface area contributed by atoms with Gasteiger partial charge in [0.1, 0.15) is 12.4 Å². The van der Waals surface area contributed by atoms with Crippen LogP contribution in [-0.4, -0.2) is 65.7 Å². The second-order valence-corrected chi connectivity index (χ2v) is 9.20. The van der Waals surface area contributed by atoms with Crippen LogP contribution >= 0.6 is 0 Å². The van der Waals surface area contributed by atoms with Crippen molar-refractivity contribution in [3.63, 3.8) is 0 Å². The van der Waals surface area contributed by atoms with E-state index in [2.05, 4.69) is 4.90 Å². The Morgan fingerprint density at radius 3 is 2.25 bits per heavy atom. The number of halogens is 1. The number of amides is 2. The first kappa shape index (κ1) is 22.8. The maximum atomic E-state index is 13.3. The Morgan fingerprint density at radius 1 is 1.06 bits per heavy atom. The van der Waals surface area contributed by atoms with Gasteiger partial charge in [-0.05, 0) is 69.7 Å². The molecular formula is C25H34FN3O3. The zero-order chi connectivity index (χ0) is 22.7. The third-order valence-corrected chi connectivity index (χ3v) is 7.28. The highest BCUT2D eigenvalue weighted by Crippen LogP contribution is 2.39. The van der Waals surface area contributed by atoms with Crippen LogP contribution in [0.2, 0.25) is 0 Å². The van der Waals surface area contributed by atoms with E-state index in [1.807, 2.05) is 28.9 Å². The molecule has 0 spiro atoms. The Balaban J connectivity index is 1.33. The van der Waals surface area contributed by atoms with Gasteiger partial charge in [0.05, 0.1) is 0 Å². The lowest BCUT2D eigenvalue weighted by Crippen LogP contribution is -2.55. The largest absolute Gasteiger partial charge is 0.445 e. The lowest BCUT2D eigenvalue weighted by Gasteiger charge is -2.46. The van der Waals surface area contributed by atoms with Gasteiger partial charge in [0.15, 0.2) is 0 Å². The molecule has 4 rings (SSSR count). The zero-order valence-electron chi connectivity index (χ0n) is 19.1. The predicted molar refractivity (Wildman–Crippen MR) is 122 cm³/mol. The summed E-state index contributed by atoms with van der Waals surface area (Å²) in [6.07, 6.45) is 9.47. The van der Waals surface area contributed by atoms with E-state index < -0.39 is 0 Å². The molecule has 32 heavy (non-hydrogen) atoms. The quantitative estimate of drug-likeness (QED) is 0.635. The number of piperidine rings is 2. The fraction of sp³-hybridized carbons (Fsp3) is 0.600. The summed E-state index contributed by atoms with van der Waals surface area (Å²) >= 11 is 0. The van der Waals surface area contributed by atoms with Gasteiger partial charge in [0, 0.05) is 49.9 Å². The van der Waals surface area contributed by atoms with Crippen LogP contribution in [-0.2, 0) is 9.53 Å². The normalized spacial score (nSPS) is 26.5. The van der Waals surface area contributed by atoms with E-state index in [9.17, 15) is 14.0 Å². The molecule has 2 bridgehead atoms. The summed E-state index contributed by atoms with van der Waals surface area (Å²) in [6.45, 7) is 5.71. The summed E-state index contributed by atoms with van der Waals surface area (Å²) in [7, 11) is 0. The van der Waals surface area contributed by atoms with Gasteiger partial charge < -0.3 is 19.4 Å². The van der Waals surface area contributed by atoms with Crippen LogP contribution < -0.4 is 4.90 Å². The minimum absolute atomic E-state index is 0.00200. The van der Waals surface area contributed by atoms with E-state index in [0.717, 1.165) is 57.3 Å². The molecule has 0 radical (unpaired) electrons. The molecule has 1 aromatic carbocycles. The fourth-order valence-corrected chi connectivity index (χ4v) is 5.80. The number of fused-ring (bicyclic) bond motifs is 2. The zero-order valence-corrected chi connectivity index (χ0v) is 19.1. The molecule has 3 heterocycles. The number of carbonyl (C=O) groups excluding carboxylic acids is 2. The topological polar surface area (TPSA) is 53.1 Å². The van der Waals surface area contributed by atoms with Crippen LogP contribution in [0.1, 0.15) is 52.4 Å². The Morgan fingerprint density at radius 2 is 1.69 bits per heavy atom. The van der Waals surface area contributed by atoms with E-state index in [-0.39, 0.29) is 35.9 Å². The maximum absolute atomic E-state index is 13.3. The number of hydrogen-bond acceptors (Lipinski definition) is 4. The molecule has 0 aromatic heterocycles. The average Bonchev–Trinajstić information content (AvgIpc) is 3.05. The number of rotatable bonds is 5. The molecule has 2 amide bonds. The number of benzene rings is 1. The second kappa shape index (κ2) is 10.0. The number of nitrogens with zero attached hydrogens (tertiary/aromatic N) is 3. The smallest absolute Gasteiger partial charge is 0.410 e. The van der Waals surface area contributed by atoms with E-state index in [4.69, 9.17) is 4.74 Å². The summed E-state index contributed by atoms with van der Waals surface area (Å²) in [4.78, 5) is 31.3. The van der Waals surface area contributed by atoms with Gasteiger partial charge in [-0.25, -0.2) is 9.18 Å². The van der Waals surface area contributed by atoms with Crippen LogP contribution in [0.15, 0.2) is 36.4 Å². The van der Waals surface area contributed by atoms with Crippen molar-refractivity contribution in [2.75, 3.05) is 24.6 Å². The number of allylic oxidation sites excluding steroid dienone is 1. The summed E-state index contributed by atoms with van der Waals surface area (Å²) < 4.78 is 18.7. The first-order chi connectivity index (χ1) is 15.5. The molecule has 1 aromatic rings. The fourth-order valence-electron chi connectivity index (χ4n) is 5.80. The minimum atomic E-state index is -0.293. The number of anilines is 1. The van der Waals surface area contributed by atoms with Crippen LogP contribution in [0, 0.1) is 5.82 Å². The van der Waals surface area contributed by atoms with Crippen LogP contribution in [0.3, 0.4) is 0 Å². The van der Waals surface area contributed by atoms with Crippen molar-refractivity contribution < 1.29 is 18.7 Å². The maximum Gasteiger partial charge on any atom is 0.410 e. The lowest BCUT2D eigenvalue weighted by molar-refractivity contribution is -0.117. The molecule has 3 saturated heterocycles. The molecule has 0 saturated carbocycles. The molecule has 3 aliphatic heterocycles. The molecule has 3 fully saturated rings. The molecule has 0 N–H and O–H groups in total. The Bertz CT molecular complexity index is 821. The van der Waals surface area contributed by atoms with Crippen molar-refractivity contribution in [1.29, 1.82) is 0 Å². The average molecular weight is 444 g/mol. The van der Waals surface area contributed by atoms with Crippen molar-refractivity contribution in [1.82, 2.24) is 9.80 Å². The molecule has 0 aliphatic carbocycles.